The van der Waals surface area contributed by atoms with Crippen LogP contribution in [0.4, 0.5) is 0 Å². The molecule has 0 saturated carbocycles. The first-order valence-corrected chi connectivity index (χ1v) is 8.92. The van der Waals surface area contributed by atoms with Crippen LogP contribution in [0.1, 0.15) is 31.8 Å². The molecule has 3 aromatic rings. The van der Waals surface area contributed by atoms with E-state index in [4.69, 9.17) is 0 Å². The summed E-state index contributed by atoms with van der Waals surface area (Å²) in [7, 11) is 0. The Morgan fingerprint density at radius 3 is 2.48 bits per heavy atom. The van der Waals surface area contributed by atoms with E-state index in [1.807, 2.05) is 59.5 Å². The van der Waals surface area contributed by atoms with Gasteiger partial charge in [0.2, 0.25) is 0 Å². The van der Waals surface area contributed by atoms with E-state index >= 15 is 0 Å². The van der Waals surface area contributed by atoms with Gasteiger partial charge in [0.1, 0.15) is 0 Å². The quantitative estimate of drug-likeness (QED) is 0.759. The summed E-state index contributed by atoms with van der Waals surface area (Å²) in [6.07, 6.45) is 0.792. The fourth-order valence-electron chi connectivity index (χ4n) is 3.50. The molecule has 27 heavy (non-hydrogen) atoms. The van der Waals surface area contributed by atoms with Crippen LogP contribution in [0.2, 0.25) is 0 Å². The number of carboxylic acid groups (broad SMARTS) is 1. The van der Waals surface area contributed by atoms with Crippen LogP contribution in [0.15, 0.2) is 72.8 Å². The molecule has 0 saturated heterocycles. The van der Waals surface area contributed by atoms with Crippen molar-refractivity contribution in [2.24, 2.45) is 0 Å². The van der Waals surface area contributed by atoms with Gasteiger partial charge in [0.25, 0.3) is 5.91 Å². The summed E-state index contributed by atoms with van der Waals surface area (Å²) in [6.45, 7) is 1.29. The molecule has 3 aromatic carbocycles. The number of carboxylic acids is 1. The summed E-state index contributed by atoms with van der Waals surface area (Å²) >= 11 is 0. The number of carbonyl (C=O) groups excluding carboxylic acids is 1. The maximum atomic E-state index is 12.9. The maximum absolute atomic E-state index is 12.9. The van der Waals surface area contributed by atoms with Gasteiger partial charge in [0, 0.05) is 18.7 Å². The second kappa shape index (κ2) is 7.08. The first kappa shape index (κ1) is 17.0. The molecule has 4 nitrogen and oxygen atoms in total. The molecule has 0 unspecified atom stereocenters. The number of aromatic carboxylic acids is 1. The Morgan fingerprint density at radius 1 is 0.926 bits per heavy atom. The molecule has 0 bridgehead atoms. The molecular weight excluding hydrogens is 338 g/mol. The molecule has 134 valence electrons. The Balaban J connectivity index is 1.60. The monoisotopic (exact) mass is 357 g/mol. The number of hydrogen-bond donors (Lipinski definition) is 1. The molecule has 0 atom stereocenters. The highest BCUT2D eigenvalue weighted by atomic mass is 16.4. The van der Waals surface area contributed by atoms with Crippen molar-refractivity contribution in [1.82, 2.24) is 4.90 Å². The van der Waals surface area contributed by atoms with Crippen LogP contribution in [-0.2, 0) is 13.0 Å². The van der Waals surface area contributed by atoms with E-state index in [2.05, 4.69) is 0 Å². The van der Waals surface area contributed by atoms with Gasteiger partial charge in [-0.1, -0.05) is 54.6 Å². The summed E-state index contributed by atoms with van der Waals surface area (Å²) in [5.74, 6) is -0.896. The van der Waals surface area contributed by atoms with Crippen molar-refractivity contribution in [3.8, 4) is 11.1 Å². The van der Waals surface area contributed by atoms with Gasteiger partial charge in [-0.2, -0.15) is 0 Å². The highest BCUT2D eigenvalue weighted by Gasteiger charge is 2.24. The van der Waals surface area contributed by atoms with Crippen LogP contribution < -0.4 is 0 Å². The first-order chi connectivity index (χ1) is 13.1. The first-order valence-electron chi connectivity index (χ1n) is 8.92. The minimum atomic E-state index is -0.943. The third-order valence-corrected chi connectivity index (χ3v) is 4.93. The molecule has 0 radical (unpaired) electrons. The fourth-order valence-corrected chi connectivity index (χ4v) is 3.50. The normalized spacial score (nSPS) is 13.3. The Labute approximate surface area is 157 Å². The lowest BCUT2D eigenvalue weighted by atomic mass is 9.93. The van der Waals surface area contributed by atoms with E-state index in [1.165, 1.54) is 0 Å². The number of carbonyl (C=O) groups is 2. The molecular formula is C23H19NO3. The average molecular weight is 357 g/mol. The average Bonchev–Trinajstić information content (AvgIpc) is 2.71. The number of fused-ring (bicyclic) bond motifs is 1. The number of rotatable bonds is 4. The van der Waals surface area contributed by atoms with E-state index in [0.29, 0.717) is 13.1 Å². The minimum absolute atomic E-state index is 0.0472. The van der Waals surface area contributed by atoms with Gasteiger partial charge in [-0.05, 0) is 46.9 Å². The fraction of sp³-hybridized carbons (Fsp3) is 0.130. The Kier molecular flexibility index (Phi) is 4.47. The Morgan fingerprint density at radius 2 is 1.70 bits per heavy atom. The topological polar surface area (TPSA) is 57.6 Å². The summed E-state index contributed by atoms with van der Waals surface area (Å²) in [4.78, 5) is 25.9. The smallest absolute Gasteiger partial charge is 0.335 e. The molecule has 1 aliphatic heterocycles. The molecule has 0 fully saturated rings. The zero-order valence-electron chi connectivity index (χ0n) is 14.8. The SMILES string of the molecule is O=C(O)c1cccc(-c2ccc3c(c2)CCN(Cc2ccccc2)C3=O)c1. The number of hydrogen-bond acceptors (Lipinski definition) is 2. The van der Waals surface area contributed by atoms with E-state index in [9.17, 15) is 14.7 Å². The molecule has 1 aliphatic rings. The predicted octanol–water partition coefficient (Wildman–Crippen LogP) is 4.25. The largest absolute Gasteiger partial charge is 0.478 e. The molecule has 4 heteroatoms. The highest BCUT2D eigenvalue weighted by molar-refractivity contribution is 5.97. The van der Waals surface area contributed by atoms with Crippen molar-refractivity contribution >= 4 is 11.9 Å². The highest BCUT2D eigenvalue weighted by Crippen LogP contribution is 2.27. The minimum Gasteiger partial charge on any atom is -0.478 e. The lowest BCUT2D eigenvalue weighted by Gasteiger charge is -2.29. The molecule has 0 aliphatic carbocycles. The third-order valence-electron chi connectivity index (χ3n) is 4.93. The second-order valence-corrected chi connectivity index (χ2v) is 6.72. The van der Waals surface area contributed by atoms with E-state index in [0.717, 1.165) is 34.2 Å². The number of amides is 1. The zero-order chi connectivity index (χ0) is 18.8. The predicted molar refractivity (Wildman–Crippen MR) is 104 cm³/mol. The van der Waals surface area contributed by atoms with E-state index in [1.54, 1.807) is 18.2 Å². The zero-order valence-corrected chi connectivity index (χ0v) is 14.8. The number of benzene rings is 3. The molecule has 0 aromatic heterocycles. The van der Waals surface area contributed by atoms with Gasteiger partial charge in [0.05, 0.1) is 5.56 Å². The molecule has 0 spiro atoms. The van der Waals surface area contributed by atoms with Gasteiger partial charge < -0.3 is 10.0 Å². The summed E-state index contributed by atoms with van der Waals surface area (Å²) in [5.41, 5.74) is 4.91. The van der Waals surface area contributed by atoms with Crippen molar-refractivity contribution in [3.05, 3.63) is 95.1 Å². The van der Waals surface area contributed by atoms with Crippen LogP contribution >= 0.6 is 0 Å². The van der Waals surface area contributed by atoms with Gasteiger partial charge in [-0.25, -0.2) is 4.79 Å². The van der Waals surface area contributed by atoms with Crippen LogP contribution in [0, 0.1) is 0 Å². The maximum Gasteiger partial charge on any atom is 0.335 e. The van der Waals surface area contributed by atoms with Gasteiger partial charge in [0.15, 0.2) is 0 Å². The lowest BCUT2D eigenvalue weighted by molar-refractivity contribution is 0.0694. The third kappa shape index (κ3) is 3.47. The van der Waals surface area contributed by atoms with Crippen molar-refractivity contribution in [2.45, 2.75) is 13.0 Å². The van der Waals surface area contributed by atoms with E-state index < -0.39 is 5.97 Å². The van der Waals surface area contributed by atoms with Crippen LogP contribution in [-0.4, -0.2) is 28.4 Å². The summed E-state index contributed by atoms with van der Waals surface area (Å²) < 4.78 is 0. The van der Waals surface area contributed by atoms with Crippen molar-refractivity contribution in [3.63, 3.8) is 0 Å². The molecule has 1 heterocycles. The second-order valence-electron chi connectivity index (χ2n) is 6.72. The van der Waals surface area contributed by atoms with Crippen molar-refractivity contribution in [2.75, 3.05) is 6.54 Å². The molecule has 1 N–H and O–H groups in total. The van der Waals surface area contributed by atoms with Gasteiger partial charge in [-0.15, -0.1) is 0 Å². The summed E-state index contributed by atoms with van der Waals surface area (Å²) in [6, 6.07) is 22.6. The molecule has 4 rings (SSSR count). The standard InChI is InChI=1S/C23H19NO3/c25-22-21-10-9-18(17-7-4-8-20(14-17)23(26)27)13-19(21)11-12-24(22)15-16-5-2-1-3-6-16/h1-10,13-14H,11-12,15H2,(H,26,27). The van der Waals surface area contributed by atoms with Gasteiger partial charge in [-0.3, -0.25) is 4.79 Å². The Hall–Kier alpha value is -3.40. The van der Waals surface area contributed by atoms with Crippen LogP contribution in [0.5, 0.6) is 0 Å². The van der Waals surface area contributed by atoms with Gasteiger partial charge >= 0.3 is 5.97 Å². The number of nitrogens with zero attached hydrogens (tertiary/aromatic N) is 1. The summed E-state index contributed by atoms with van der Waals surface area (Å²) in [5, 5.41) is 9.18. The van der Waals surface area contributed by atoms with Crippen LogP contribution in [0.25, 0.3) is 11.1 Å². The lowest BCUT2D eigenvalue weighted by Crippen LogP contribution is -2.37. The Bertz CT molecular complexity index is 1010. The van der Waals surface area contributed by atoms with Crippen LogP contribution in [0.3, 0.4) is 0 Å². The molecule has 1 amide bonds. The van der Waals surface area contributed by atoms with E-state index in [-0.39, 0.29) is 11.5 Å². The van der Waals surface area contributed by atoms with Crippen molar-refractivity contribution in [1.29, 1.82) is 0 Å². The van der Waals surface area contributed by atoms with Crippen molar-refractivity contribution < 1.29 is 14.7 Å².